The first-order valence-corrected chi connectivity index (χ1v) is 8.91. The molecule has 0 bridgehead atoms. The van der Waals surface area contributed by atoms with E-state index in [1.807, 2.05) is 0 Å². The lowest BCUT2D eigenvalue weighted by Gasteiger charge is -2.41. The molecule has 1 saturated carbocycles. The minimum absolute atomic E-state index is 0.954. The number of halogens is 1. The van der Waals surface area contributed by atoms with Crippen molar-refractivity contribution < 1.29 is 0 Å². The van der Waals surface area contributed by atoms with E-state index in [1.165, 1.54) is 61.1 Å². The molecule has 2 heterocycles. The summed E-state index contributed by atoms with van der Waals surface area (Å²) in [6.07, 6.45) is 8.25. The molecule has 0 N–H and O–H groups in total. The summed E-state index contributed by atoms with van der Waals surface area (Å²) in [4.78, 5) is 2.65. The van der Waals surface area contributed by atoms with Crippen molar-refractivity contribution in [3.05, 3.63) is 15.9 Å². The summed E-state index contributed by atoms with van der Waals surface area (Å²) >= 11 is 3.75. The van der Waals surface area contributed by atoms with Gasteiger partial charge in [-0.15, -0.1) is 0 Å². The fourth-order valence-electron chi connectivity index (χ4n) is 4.02. The van der Waals surface area contributed by atoms with Crippen molar-refractivity contribution in [3.63, 3.8) is 0 Å². The number of aromatic nitrogens is 2. The van der Waals surface area contributed by atoms with E-state index in [0.717, 1.165) is 24.8 Å². The highest BCUT2D eigenvalue weighted by Gasteiger charge is 2.31. The fraction of sp³-hybridized carbons (Fsp3) is 0.812. The molecule has 4 heteroatoms. The maximum absolute atomic E-state index is 4.62. The maximum atomic E-state index is 4.62. The van der Waals surface area contributed by atoms with Gasteiger partial charge in [0.2, 0.25) is 0 Å². The van der Waals surface area contributed by atoms with Crippen LogP contribution < -0.4 is 0 Å². The minimum atomic E-state index is 0.954. The Balaban J connectivity index is 1.68. The Morgan fingerprint density at radius 3 is 2.65 bits per heavy atom. The predicted molar refractivity (Wildman–Crippen MR) is 85.6 cm³/mol. The van der Waals surface area contributed by atoms with Gasteiger partial charge in [0.1, 0.15) is 0 Å². The highest BCUT2D eigenvalue weighted by molar-refractivity contribution is 9.10. The Labute approximate surface area is 130 Å². The number of fused-ring (bicyclic) bond motifs is 1. The average molecular weight is 340 g/mol. The summed E-state index contributed by atoms with van der Waals surface area (Å²) in [6, 6.07) is 0. The molecule has 0 aromatic carbocycles. The lowest BCUT2D eigenvalue weighted by Crippen LogP contribution is -2.41. The summed E-state index contributed by atoms with van der Waals surface area (Å²) in [6.45, 7) is 5.78. The monoisotopic (exact) mass is 339 g/mol. The van der Waals surface area contributed by atoms with Gasteiger partial charge in [-0.25, -0.2) is 0 Å². The summed E-state index contributed by atoms with van der Waals surface area (Å²) < 4.78 is 3.30. The molecule has 2 atom stereocenters. The smallest absolute Gasteiger partial charge is 0.0767 e. The van der Waals surface area contributed by atoms with Gasteiger partial charge in [0.05, 0.1) is 15.9 Å². The van der Waals surface area contributed by atoms with Crippen LogP contribution in [0.15, 0.2) is 4.47 Å². The van der Waals surface area contributed by atoms with Crippen molar-refractivity contribution in [1.29, 1.82) is 0 Å². The molecular weight excluding hydrogens is 314 g/mol. The van der Waals surface area contributed by atoms with E-state index >= 15 is 0 Å². The van der Waals surface area contributed by atoms with Gasteiger partial charge in [-0.2, -0.15) is 5.10 Å². The zero-order valence-corrected chi connectivity index (χ0v) is 14.3. The summed E-state index contributed by atoms with van der Waals surface area (Å²) in [7, 11) is 2.08. The van der Waals surface area contributed by atoms with Gasteiger partial charge in [-0.05, 0) is 53.6 Å². The van der Waals surface area contributed by atoms with Crippen LogP contribution in [0.5, 0.6) is 0 Å². The number of likely N-dealkylation sites (tertiary alicyclic amines) is 1. The zero-order valence-electron chi connectivity index (χ0n) is 12.7. The molecule has 20 heavy (non-hydrogen) atoms. The Morgan fingerprint density at radius 2 is 1.95 bits per heavy atom. The van der Waals surface area contributed by atoms with E-state index in [-0.39, 0.29) is 0 Å². The molecule has 2 aliphatic rings. The standard InChI is InChI=1S/C16H26BrN3/c1-3-14-16(17)15(19(2)18-14)11-20-9-8-12-6-4-5-7-13(12)10-20/h12-13H,3-11H2,1-2H3. The highest BCUT2D eigenvalue weighted by atomic mass is 79.9. The first kappa shape index (κ1) is 14.6. The maximum Gasteiger partial charge on any atom is 0.0767 e. The summed E-state index contributed by atoms with van der Waals surface area (Å²) in [5.74, 6) is 1.97. The number of rotatable bonds is 3. The van der Waals surface area contributed by atoms with Crippen molar-refractivity contribution in [3.8, 4) is 0 Å². The van der Waals surface area contributed by atoms with E-state index in [4.69, 9.17) is 0 Å². The molecule has 3 rings (SSSR count). The average Bonchev–Trinajstić information content (AvgIpc) is 2.74. The van der Waals surface area contributed by atoms with Gasteiger partial charge in [-0.3, -0.25) is 9.58 Å². The lowest BCUT2D eigenvalue weighted by atomic mass is 9.75. The van der Waals surface area contributed by atoms with Crippen LogP contribution in [0, 0.1) is 11.8 Å². The summed E-state index contributed by atoms with van der Waals surface area (Å²) in [5, 5.41) is 4.62. The molecule has 1 aliphatic heterocycles. The second-order valence-electron chi connectivity index (χ2n) is 6.51. The topological polar surface area (TPSA) is 21.1 Å². The second-order valence-corrected chi connectivity index (χ2v) is 7.31. The van der Waals surface area contributed by atoms with Crippen LogP contribution in [-0.2, 0) is 20.0 Å². The van der Waals surface area contributed by atoms with Crippen molar-refractivity contribution in [2.75, 3.05) is 13.1 Å². The summed E-state index contributed by atoms with van der Waals surface area (Å²) in [5.41, 5.74) is 2.53. The normalized spacial score (nSPS) is 27.6. The first-order valence-electron chi connectivity index (χ1n) is 8.11. The predicted octanol–water partition coefficient (Wildman–Crippen LogP) is 3.76. The Hall–Kier alpha value is -0.350. The van der Waals surface area contributed by atoms with E-state index in [2.05, 4.69) is 44.6 Å². The van der Waals surface area contributed by atoms with E-state index in [9.17, 15) is 0 Å². The SMILES string of the molecule is CCc1nn(C)c(CN2CCC3CCCCC3C2)c1Br. The van der Waals surface area contributed by atoms with Gasteiger partial charge >= 0.3 is 0 Å². The molecule has 1 saturated heterocycles. The van der Waals surface area contributed by atoms with Crippen LogP contribution in [0.3, 0.4) is 0 Å². The van der Waals surface area contributed by atoms with E-state index in [1.54, 1.807) is 0 Å². The molecule has 1 aliphatic carbocycles. The first-order chi connectivity index (χ1) is 9.69. The van der Waals surface area contributed by atoms with Gasteiger partial charge in [0, 0.05) is 20.1 Å². The molecule has 2 unspecified atom stereocenters. The number of nitrogens with zero attached hydrogens (tertiary/aromatic N) is 3. The van der Waals surface area contributed by atoms with Crippen LogP contribution in [0.4, 0.5) is 0 Å². The molecule has 112 valence electrons. The third-order valence-electron chi connectivity index (χ3n) is 5.25. The molecule has 3 nitrogen and oxygen atoms in total. The lowest BCUT2D eigenvalue weighted by molar-refractivity contribution is 0.0803. The van der Waals surface area contributed by atoms with E-state index < -0.39 is 0 Å². The number of hydrogen-bond acceptors (Lipinski definition) is 2. The van der Waals surface area contributed by atoms with Crippen molar-refractivity contribution in [1.82, 2.24) is 14.7 Å². The van der Waals surface area contributed by atoms with Gasteiger partial charge < -0.3 is 0 Å². The van der Waals surface area contributed by atoms with Crippen molar-refractivity contribution in [2.45, 2.75) is 52.0 Å². The van der Waals surface area contributed by atoms with Crippen LogP contribution >= 0.6 is 15.9 Å². The van der Waals surface area contributed by atoms with Crippen molar-refractivity contribution >= 4 is 15.9 Å². The second kappa shape index (κ2) is 6.18. The van der Waals surface area contributed by atoms with Crippen molar-refractivity contribution in [2.24, 2.45) is 18.9 Å². The fourth-order valence-corrected chi connectivity index (χ4v) is 4.76. The van der Waals surface area contributed by atoms with Crippen LogP contribution in [0.1, 0.15) is 50.4 Å². The molecule has 0 amide bonds. The molecular formula is C16H26BrN3. The third-order valence-corrected chi connectivity index (χ3v) is 6.17. The molecule has 2 fully saturated rings. The molecule has 0 spiro atoms. The Morgan fingerprint density at radius 1 is 1.20 bits per heavy atom. The third kappa shape index (κ3) is 2.82. The zero-order chi connectivity index (χ0) is 14.1. The quantitative estimate of drug-likeness (QED) is 0.835. The highest BCUT2D eigenvalue weighted by Crippen LogP contribution is 2.36. The van der Waals surface area contributed by atoms with Crippen LogP contribution in [0.2, 0.25) is 0 Å². The van der Waals surface area contributed by atoms with Crippen LogP contribution in [-0.4, -0.2) is 27.8 Å². The number of hydrogen-bond donors (Lipinski definition) is 0. The molecule has 1 aromatic rings. The number of piperidine rings is 1. The van der Waals surface area contributed by atoms with Gasteiger partial charge in [0.25, 0.3) is 0 Å². The Bertz CT molecular complexity index is 469. The number of aryl methyl sites for hydroxylation is 2. The molecule has 1 aromatic heterocycles. The van der Waals surface area contributed by atoms with E-state index in [0.29, 0.717) is 0 Å². The van der Waals surface area contributed by atoms with Crippen LogP contribution in [0.25, 0.3) is 0 Å². The van der Waals surface area contributed by atoms with Gasteiger partial charge in [-0.1, -0.05) is 26.2 Å². The minimum Gasteiger partial charge on any atom is -0.297 e. The Kier molecular flexibility index (Phi) is 4.51. The molecule has 0 radical (unpaired) electrons. The van der Waals surface area contributed by atoms with Gasteiger partial charge in [0.15, 0.2) is 0 Å². The largest absolute Gasteiger partial charge is 0.297 e.